The van der Waals surface area contributed by atoms with E-state index >= 15 is 0 Å². The summed E-state index contributed by atoms with van der Waals surface area (Å²) in [6.45, 7) is -0.211. The molecular weight excluding hydrogens is 415 g/mol. The van der Waals surface area contributed by atoms with E-state index < -0.39 is 28.8 Å². The molecular formula is C20H15FN2O6S. The van der Waals surface area contributed by atoms with Crippen molar-refractivity contribution in [3.05, 3.63) is 64.3 Å². The molecule has 3 rings (SSSR count). The Kier molecular flexibility index (Phi) is 6.17. The number of nitrogens with one attached hydrogen (secondary N) is 1. The lowest BCUT2D eigenvalue weighted by Gasteiger charge is -2.13. The van der Waals surface area contributed by atoms with Gasteiger partial charge in [-0.3, -0.25) is 19.3 Å². The first-order chi connectivity index (χ1) is 14.2. The first kappa shape index (κ1) is 21.1. The Morgan fingerprint density at radius 3 is 2.63 bits per heavy atom. The summed E-state index contributed by atoms with van der Waals surface area (Å²) in [4.78, 5) is 49.0. The summed E-state index contributed by atoms with van der Waals surface area (Å²) in [5.74, 6) is -3.30. The van der Waals surface area contributed by atoms with Crippen molar-refractivity contribution in [2.45, 2.75) is 6.42 Å². The van der Waals surface area contributed by atoms with E-state index in [4.69, 9.17) is 5.11 Å². The van der Waals surface area contributed by atoms with E-state index in [-0.39, 0.29) is 34.9 Å². The second-order valence-electron chi connectivity index (χ2n) is 6.22. The monoisotopic (exact) mass is 430 g/mol. The normalized spacial score (nSPS) is 15.0. The lowest BCUT2D eigenvalue weighted by molar-refractivity contribution is -0.123. The van der Waals surface area contributed by atoms with E-state index in [2.05, 4.69) is 5.32 Å². The molecule has 1 saturated heterocycles. The molecule has 1 fully saturated rings. The van der Waals surface area contributed by atoms with Crippen molar-refractivity contribution >= 4 is 46.5 Å². The molecule has 0 radical (unpaired) electrons. The Hall–Kier alpha value is -3.66. The number of rotatable bonds is 6. The first-order valence-electron chi connectivity index (χ1n) is 8.61. The average molecular weight is 430 g/mol. The van der Waals surface area contributed by atoms with Gasteiger partial charge in [0.25, 0.3) is 11.1 Å². The minimum atomic E-state index is -1.34. The fraction of sp³-hybridized carbons (Fsp3) is 0.100. The van der Waals surface area contributed by atoms with E-state index in [9.17, 15) is 28.7 Å². The summed E-state index contributed by atoms with van der Waals surface area (Å²) in [7, 11) is 0. The molecule has 0 bridgehead atoms. The number of benzene rings is 2. The van der Waals surface area contributed by atoms with Gasteiger partial charge < -0.3 is 15.5 Å². The highest BCUT2D eigenvalue weighted by Crippen LogP contribution is 2.32. The van der Waals surface area contributed by atoms with Crippen molar-refractivity contribution in [2.75, 3.05) is 11.9 Å². The number of thioether (sulfide) groups is 1. The van der Waals surface area contributed by atoms with Crippen LogP contribution in [0.5, 0.6) is 5.75 Å². The van der Waals surface area contributed by atoms with Gasteiger partial charge >= 0.3 is 5.97 Å². The minimum absolute atomic E-state index is 0.0227. The molecule has 3 amide bonds. The van der Waals surface area contributed by atoms with Crippen LogP contribution < -0.4 is 5.32 Å². The van der Waals surface area contributed by atoms with Gasteiger partial charge in [0, 0.05) is 13.0 Å². The zero-order valence-electron chi connectivity index (χ0n) is 15.3. The van der Waals surface area contributed by atoms with Crippen LogP contribution in [0.25, 0.3) is 6.08 Å². The Balaban J connectivity index is 1.65. The summed E-state index contributed by atoms with van der Waals surface area (Å²) in [6.07, 6.45) is 1.13. The number of carbonyl (C=O) groups is 4. The maximum absolute atomic E-state index is 13.3. The second kappa shape index (κ2) is 8.78. The smallest absolute Gasteiger partial charge is 0.337 e. The Labute approximate surface area is 174 Å². The molecule has 10 heteroatoms. The summed E-state index contributed by atoms with van der Waals surface area (Å²) >= 11 is 0.685. The van der Waals surface area contributed by atoms with Crippen LogP contribution in [-0.2, 0) is 9.59 Å². The predicted octanol–water partition coefficient (Wildman–Crippen LogP) is 3.29. The SMILES string of the molecule is O=C(CCN1C(=O)SC(=Cc2cccc(F)c2)C1=O)Nc1ccc(O)cc1C(=O)O. The van der Waals surface area contributed by atoms with Gasteiger partial charge in [0.05, 0.1) is 16.2 Å². The third-order valence-corrected chi connectivity index (χ3v) is 5.00. The van der Waals surface area contributed by atoms with Gasteiger partial charge in [0.15, 0.2) is 0 Å². The molecule has 1 aliphatic heterocycles. The molecule has 3 N–H and O–H groups in total. The quantitative estimate of drug-likeness (QED) is 0.474. The molecule has 1 aliphatic rings. The maximum Gasteiger partial charge on any atom is 0.337 e. The number of amides is 3. The molecule has 8 nitrogen and oxygen atoms in total. The molecule has 0 spiro atoms. The molecule has 0 aliphatic carbocycles. The van der Waals surface area contributed by atoms with Gasteiger partial charge in [-0.2, -0.15) is 0 Å². The van der Waals surface area contributed by atoms with Gasteiger partial charge in [-0.15, -0.1) is 0 Å². The summed E-state index contributed by atoms with van der Waals surface area (Å²) < 4.78 is 13.3. The predicted molar refractivity (Wildman–Crippen MR) is 107 cm³/mol. The van der Waals surface area contributed by atoms with Gasteiger partial charge in [-0.05, 0) is 53.7 Å². The number of anilines is 1. The van der Waals surface area contributed by atoms with Crippen LogP contribution in [-0.4, -0.2) is 44.7 Å². The summed E-state index contributed by atoms with van der Waals surface area (Å²) in [5, 5.41) is 20.4. The third kappa shape index (κ3) is 4.84. The van der Waals surface area contributed by atoms with Crippen molar-refractivity contribution in [3.63, 3.8) is 0 Å². The highest BCUT2D eigenvalue weighted by Gasteiger charge is 2.35. The highest BCUT2D eigenvalue weighted by atomic mass is 32.2. The van der Waals surface area contributed by atoms with Gasteiger partial charge in [-0.1, -0.05) is 12.1 Å². The lowest BCUT2D eigenvalue weighted by atomic mass is 10.1. The maximum atomic E-state index is 13.3. The average Bonchev–Trinajstić information content (AvgIpc) is 2.94. The minimum Gasteiger partial charge on any atom is -0.508 e. The Bertz CT molecular complexity index is 1080. The van der Waals surface area contributed by atoms with E-state index in [0.717, 1.165) is 11.0 Å². The number of carbonyl (C=O) groups excluding carboxylic acids is 3. The van der Waals surface area contributed by atoms with Crippen molar-refractivity contribution < 1.29 is 33.8 Å². The summed E-state index contributed by atoms with van der Waals surface area (Å²) in [5.41, 5.74) is 0.102. The van der Waals surface area contributed by atoms with Crippen LogP contribution >= 0.6 is 11.8 Å². The van der Waals surface area contributed by atoms with Gasteiger partial charge in [0.1, 0.15) is 11.6 Å². The molecule has 1 heterocycles. The van der Waals surface area contributed by atoms with E-state index in [1.807, 2.05) is 0 Å². The number of aromatic carboxylic acids is 1. The number of carboxylic acid groups (broad SMARTS) is 1. The van der Waals surface area contributed by atoms with Crippen LogP contribution in [0.4, 0.5) is 14.9 Å². The number of hydrogen-bond acceptors (Lipinski definition) is 6. The number of halogens is 1. The van der Waals surface area contributed by atoms with Crippen molar-refractivity contribution in [3.8, 4) is 5.75 Å². The first-order valence-corrected chi connectivity index (χ1v) is 9.43. The number of phenolic OH excluding ortho intramolecular Hbond substituents is 1. The van der Waals surface area contributed by atoms with E-state index in [1.54, 1.807) is 6.07 Å². The molecule has 2 aromatic carbocycles. The highest BCUT2D eigenvalue weighted by molar-refractivity contribution is 8.18. The van der Waals surface area contributed by atoms with Crippen LogP contribution in [0, 0.1) is 5.82 Å². The van der Waals surface area contributed by atoms with Crippen LogP contribution in [0.1, 0.15) is 22.3 Å². The topological polar surface area (TPSA) is 124 Å². The van der Waals surface area contributed by atoms with Crippen molar-refractivity contribution in [2.24, 2.45) is 0 Å². The number of hydrogen-bond donors (Lipinski definition) is 3. The molecule has 30 heavy (non-hydrogen) atoms. The largest absolute Gasteiger partial charge is 0.508 e. The number of nitrogens with zero attached hydrogens (tertiary/aromatic N) is 1. The van der Waals surface area contributed by atoms with Crippen molar-refractivity contribution in [1.82, 2.24) is 4.90 Å². The van der Waals surface area contributed by atoms with E-state index in [0.29, 0.717) is 17.3 Å². The number of imide groups is 1. The summed E-state index contributed by atoms with van der Waals surface area (Å²) in [6, 6.07) is 8.98. The van der Waals surface area contributed by atoms with E-state index in [1.165, 1.54) is 36.4 Å². The Morgan fingerprint density at radius 2 is 1.93 bits per heavy atom. The standard InChI is InChI=1S/C20H15FN2O6S/c21-12-3-1-2-11(8-12)9-16-18(26)23(20(29)30-16)7-6-17(25)22-15-5-4-13(24)10-14(15)19(27)28/h1-5,8-10,24H,6-7H2,(H,22,25)(H,27,28). The molecule has 0 saturated carbocycles. The number of carboxylic acids is 1. The second-order valence-corrected chi connectivity index (χ2v) is 7.21. The van der Waals surface area contributed by atoms with Crippen molar-refractivity contribution in [1.29, 1.82) is 0 Å². The number of phenols is 1. The third-order valence-electron chi connectivity index (χ3n) is 4.09. The Morgan fingerprint density at radius 1 is 1.17 bits per heavy atom. The zero-order chi connectivity index (χ0) is 21.8. The van der Waals surface area contributed by atoms with Crippen LogP contribution in [0.3, 0.4) is 0 Å². The van der Waals surface area contributed by atoms with Gasteiger partial charge in [0.2, 0.25) is 5.91 Å². The molecule has 154 valence electrons. The molecule has 0 aromatic heterocycles. The van der Waals surface area contributed by atoms with Crippen LogP contribution in [0.2, 0.25) is 0 Å². The van der Waals surface area contributed by atoms with Crippen LogP contribution in [0.15, 0.2) is 47.4 Å². The molecule has 2 aromatic rings. The molecule has 0 unspecified atom stereocenters. The zero-order valence-corrected chi connectivity index (χ0v) is 16.1. The van der Waals surface area contributed by atoms with Gasteiger partial charge in [-0.25, -0.2) is 9.18 Å². The molecule has 0 atom stereocenters. The lowest BCUT2D eigenvalue weighted by Crippen LogP contribution is -2.31. The fourth-order valence-corrected chi connectivity index (χ4v) is 3.55. The fourth-order valence-electron chi connectivity index (χ4n) is 2.68. The number of aromatic hydroxyl groups is 1.